The van der Waals surface area contributed by atoms with Gasteiger partial charge in [0.2, 0.25) is 0 Å². The Labute approximate surface area is 193 Å². The van der Waals surface area contributed by atoms with Crippen molar-refractivity contribution in [3.05, 3.63) is 51.8 Å². The molecule has 1 amide bonds. The zero-order chi connectivity index (χ0) is 25.0. The summed E-state index contributed by atoms with van der Waals surface area (Å²) >= 11 is 5.90. The molecule has 2 aromatic rings. The van der Waals surface area contributed by atoms with Crippen LogP contribution in [0.25, 0.3) is 0 Å². The predicted molar refractivity (Wildman–Crippen MR) is 113 cm³/mol. The number of hydrogen-bond acceptors (Lipinski definition) is 2. The summed E-state index contributed by atoms with van der Waals surface area (Å²) in [4.78, 5) is 12.4. The van der Waals surface area contributed by atoms with E-state index in [2.05, 4.69) is 10.4 Å². The number of nitrogens with one attached hydrogen (secondary N) is 1. The molecule has 0 radical (unpaired) electrons. The van der Waals surface area contributed by atoms with Crippen molar-refractivity contribution in [2.45, 2.75) is 71.4 Å². The fourth-order valence-corrected chi connectivity index (χ4v) is 3.99. The van der Waals surface area contributed by atoms with Gasteiger partial charge in [-0.25, -0.2) is 0 Å². The molecule has 0 saturated heterocycles. The lowest BCUT2D eigenvalue weighted by Gasteiger charge is -2.29. The molecule has 0 atom stereocenters. The van der Waals surface area contributed by atoms with Crippen LogP contribution in [-0.2, 0) is 18.9 Å². The molecular weight excluding hydrogens is 472 g/mol. The van der Waals surface area contributed by atoms with Crippen molar-refractivity contribution >= 4 is 17.5 Å². The first-order chi connectivity index (χ1) is 15.3. The van der Waals surface area contributed by atoms with Crippen molar-refractivity contribution in [3.63, 3.8) is 0 Å². The topological polar surface area (TPSA) is 46.9 Å². The van der Waals surface area contributed by atoms with Gasteiger partial charge in [0.05, 0.1) is 21.8 Å². The minimum atomic E-state index is -4.60. The summed E-state index contributed by atoms with van der Waals surface area (Å²) in [5.74, 6) is -0.757. The van der Waals surface area contributed by atoms with E-state index in [1.54, 1.807) is 0 Å². The summed E-state index contributed by atoms with van der Waals surface area (Å²) in [6, 6.07) is 3.25. The number of aromatic nitrogens is 2. The summed E-state index contributed by atoms with van der Waals surface area (Å²) in [6.07, 6.45) is -6.99. The number of carbonyl (C=O) groups is 1. The van der Waals surface area contributed by atoms with Crippen molar-refractivity contribution in [3.8, 4) is 0 Å². The summed E-state index contributed by atoms with van der Waals surface area (Å²) in [5.41, 5.74) is -1.74. The summed E-state index contributed by atoms with van der Waals surface area (Å²) in [7, 11) is 0. The maximum absolute atomic E-state index is 13.1. The predicted octanol–water partition coefficient (Wildman–Crippen LogP) is 6.90. The number of aryl methyl sites for hydroxylation is 1. The average molecular weight is 498 g/mol. The van der Waals surface area contributed by atoms with E-state index in [0.29, 0.717) is 31.7 Å². The molecular formula is C22H26ClF6N3O. The van der Waals surface area contributed by atoms with Gasteiger partial charge in [-0.15, -0.1) is 0 Å². The molecule has 184 valence electrons. The van der Waals surface area contributed by atoms with E-state index in [1.165, 1.54) is 6.92 Å². The second-order valence-electron chi connectivity index (χ2n) is 7.73. The van der Waals surface area contributed by atoms with E-state index in [9.17, 15) is 31.1 Å². The lowest BCUT2D eigenvalue weighted by molar-refractivity contribution is -0.144. The third kappa shape index (κ3) is 7.12. The van der Waals surface area contributed by atoms with Gasteiger partial charge in [-0.3, -0.25) is 9.48 Å². The molecule has 4 nitrogen and oxygen atoms in total. The third-order valence-corrected chi connectivity index (χ3v) is 5.67. The SMILES string of the molecule is CC.Cc1cc(C(F)(F)F)n(CC2CCC(NC(=O)c3cc(C(F)(F)F)ccc3Cl)CC2)n1. The van der Waals surface area contributed by atoms with Crippen LogP contribution in [0.5, 0.6) is 0 Å². The molecule has 1 fully saturated rings. The van der Waals surface area contributed by atoms with E-state index in [0.717, 1.165) is 22.9 Å². The Morgan fingerprint density at radius 1 is 1.06 bits per heavy atom. The fraction of sp³-hybridized carbons (Fsp3) is 0.545. The van der Waals surface area contributed by atoms with Gasteiger partial charge in [0, 0.05) is 12.6 Å². The second-order valence-corrected chi connectivity index (χ2v) is 8.14. The number of rotatable bonds is 4. The van der Waals surface area contributed by atoms with Gasteiger partial charge in [-0.2, -0.15) is 31.4 Å². The Kier molecular flexibility index (Phi) is 8.84. The van der Waals surface area contributed by atoms with Crippen LogP contribution >= 0.6 is 11.6 Å². The molecule has 1 aliphatic carbocycles. The zero-order valence-corrected chi connectivity index (χ0v) is 19.2. The maximum atomic E-state index is 13.1. The van der Waals surface area contributed by atoms with Crippen molar-refractivity contribution in [2.75, 3.05) is 0 Å². The standard InChI is InChI=1S/C20H20ClF6N3O.C2H6/c1-11-8-17(20(25,26)27)30(29-11)10-12-2-5-14(6-3-12)28-18(31)15-9-13(19(22,23)24)4-7-16(15)21;1-2/h4,7-9,12,14H,2-3,5-6,10H2,1H3,(H,28,31);1-2H3. The van der Waals surface area contributed by atoms with Crippen LogP contribution in [0.2, 0.25) is 5.02 Å². The van der Waals surface area contributed by atoms with Gasteiger partial charge in [-0.05, 0) is 62.8 Å². The molecule has 3 rings (SSSR count). The lowest BCUT2D eigenvalue weighted by Crippen LogP contribution is -2.38. The van der Waals surface area contributed by atoms with Gasteiger partial charge in [0.1, 0.15) is 5.69 Å². The largest absolute Gasteiger partial charge is 0.433 e. The van der Waals surface area contributed by atoms with Crippen LogP contribution in [0.4, 0.5) is 26.3 Å². The lowest BCUT2D eigenvalue weighted by atomic mass is 9.86. The van der Waals surface area contributed by atoms with Crippen LogP contribution in [0.3, 0.4) is 0 Å². The van der Waals surface area contributed by atoms with Crippen molar-refractivity contribution < 1.29 is 31.1 Å². The van der Waals surface area contributed by atoms with Crippen LogP contribution in [0.1, 0.15) is 66.8 Å². The van der Waals surface area contributed by atoms with E-state index in [1.807, 2.05) is 13.8 Å². The van der Waals surface area contributed by atoms with Crippen molar-refractivity contribution in [1.82, 2.24) is 15.1 Å². The highest BCUT2D eigenvalue weighted by molar-refractivity contribution is 6.33. The Bertz CT molecular complexity index is 947. The Balaban J connectivity index is 0.00000187. The number of hydrogen-bond donors (Lipinski definition) is 1. The number of carbonyl (C=O) groups excluding carboxylic acids is 1. The average Bonchev–Trinajstić information content (AvgIpc) is 3.11. The molecule has 11 heteroatoms. The number of halogens is 7. The smallest absolute Gasteiger partial charge is 0.349 e. The molecule has 33 heavy (non-hydrogen) atoms. The molecule has 0 bridgehead atoms. The minimum Gasteiger partial charge on any atom is -0.349 e. The highest BCUT2D eigenvalue weighted by Gasteiger charge is 2.36. The molecule has 1 aromatic carbocycles. The van der Waals surface area contributed by atoms with Gasteiger partial charge in [-0.1, -0.05) is 25.4 Å². The molecule has 1 heterocycles. The van der Waals surface area contributed by atoms with E-state index < -0.39 is 29.5 Å². The zero-order valence-electron chi connectivity index (χ0n) is 18.4. The van der Waals surface area contributed by atoms with E-state index >= 15 is 0 Å². The summed E-state index contributed by atoms with van der Waals surface area (Å²) in [6.45, 7) is 5.61. The normalized spacial score (nSPS) is 19.0. The van der Waals surface area contributed by atoms with Crippen LogP contribution in [-0.4, -0.2) is 21.7 Å². The third-order valence-electron chi connectivity index (χ3n) is 5.34. The highest BCUT2D eigenvalue weighted by Crippen LogP contribution is 2.34. The van der Waals surface area contributed by atoms with Gasteiger partial charge >= 0.3 is 12.4 Å². The van der Waals surface area contributed by atoms with Crippen molar-refractivity contribution in [2.24, 2.45) is 5.92 Å². The van der Waals surface area contributed by atoms with Gasteiger partial charge < -0.3 is 5.32 Å². The highest BCUT2D eigenvalue weighted by atomic mass is 35.5. The first kappa shape index (κ1) is 27.0. The molecule has 0 spiro atoms. The maximum Gasteiger partial charge on any atom is 0.433 e. The molecule has 0 unspecified atom stereocenters. The van der Waals surface area contributed by atoms with Crippen LogP contribution in [0, 0.1) is 12.8 Å². The Hall–Kier alpha value is -2.23. The number of amides is 1. The molecule has 1 aromatic heterocycles. The van der Waals surface area contributed by atoms with E-state index in [-0.39, 0.29) is 34.8 Å². The van der Waals surface area contributed by atoms with Gasteiger partial charge in [0.25, 0.3) is 5.91 Å². The fourth-order valence-electron chi connectivity index (χ4n) is 3.79. The van der Waals surface area contributed by atoms with Crippen LogP contribution < -0.4 is 5.32 Å². The monoisotopic (exact) mass is 497 g/mol. The molecule has 1 saturated carbocycles. The molecule has 1 aliphatic rings. The minimum absolute atomic E-state index is 0.0503. The molecule has 1 N–H and O–H groups in total. The van der Waals surface area contributed by atoms with Crippen molar-refractivity contribution in [1.29, 1.82) is 0 Å². The number of alkyl halides is 6. The quantitative estimate of drug-likeness (QED) is 0.467. The van der Waals surface area contributed by atoms with Gasteiger partial charge in [0.15, 0.2) is 0 Å². The second kappa shape index (κ2) is 10.8. The number of nitrogens with zero attached hydrogens (tertiary/aromatic N) is 2. The number of benzene rings is 1. The van der Waals surface area contributed by atoms with E-state index in [4.69, 9.17) is 11.6 Å². The molecule has 0 aliphatic heterocycles. The Morgan fingerprint density at radius 2 is 1.67 bits per heavy atom. The van der Waals surface area contributed by atoms with Crippen LogP contribution in [0.15, 0.2) is 24.3 Å². The summed E-state index contributed by atoms with van der Waals surface area (Å²) in [5, 5.41) is 6.53. The first-order valence-corrected chi connectivity index (χ1v) is 11.0. The Morgan fingerprint density at radius 3 is 2.21 bits per heavy atom. The first-order valence-electron chi connectivity index (χ1n) is 10.6. The summed E-state index contributed by atoms with van der Waals surface area (Å²) < 4.78 is 79.0.